The predicted octanol–water partition coefficient (Wildman–Crippen LogP) is 3.46. The molecule has 19 heavy (non-hydrogen) atoms. The van der Waals surface area contributed by atoms with Crippen molar-refractivity contribution in [2.24, 2.45) is 0 Å². The highest BCUT2D eigenvalue weighted by Gasteiger charge is 2.17. The average Bonchev–Trinajstić information content (AvgIpc) is 2.79. The Morgan fingerprint density at radius 2 is 2.16 bits per heavy atom. The van der Waals surface area contributed by atoms with E-state index < -0.39 is 0 Å². The molecule has 1 heterocycles. The van der Waals surface area contributed by atoms with E-state index in [1.165, 1.54) is 0 Å². The maximum absolute atomic E-state index is 12.0. The van der Waals surface area contributed by atoms with Crippen LogP contribution in [-0.2, 0) is 0 Å². The van der Waals surface area contributed by atoms with Gasteiger partial charge in [0.05, 0.1) is 17.1 Å². The topological polar surface area (TPSA) is 62.5 Å². The molecule has 2 N–H and O–H groups in total. The summed E-state index contributed by atoms with van der Waals surface area (Å²) in [5.41, 5.74) is 0.630. The fraction of sp³-hybridized carbons (Fsp3) is 0.308. The predicted molar refractivity (Wildman–Crippen MR) is 80.2 cm³/mol. The van der Waals surface area contributed by atoms with Gasteiger partial charge in [-0.15, -0.1) is 0 Å². The second kappa shape index (κ2) is 6.07. The summed E-state index contributed by atoms with van der Waals surface area (Å²) in [6, 6.07) is 5.17. The van der Waals surface area contributed by atoms with E-state index in [0.717, 1.165) is 14.3 Å². The zero-order chi connectivity index (χ0) is 14.0. The monoisotopic (exact) mass is 389 g/mol. The molecule has 1 unspecified atom stereocenters. The number of benzene rings is 1. The van der Waals surface area contributed by atoms with E-state index in [1.54, 1.807) is 6.07 Å². The van der Waals surface area contributed by atoms with Crippen molar-refractivity contribution in [3.63, 3.8) is 0 Å². The Kier molecular flexibility index (Phi) is 4.65. The second-order valence-corrected chi connectivity index (χ2v) is 5.95. The van der Waals surface area contributed by atoms with Crippen molar-refractivity contribution in [1.82, 2.24) is 5.32 Å². The molecular weight excluding hydrogens is 378 g/mol. The van der Waals surface area contributed by atoms with Gasteiger partial charge in [0.1, 0.15) is 5.58 Å². The van der Waals surface area contributed by atoms with Gasteiger partial charge in [-0.25, -0.2) is 0 Å². The normalized spacial score (nSPS) is 12.6. The van der Waals surface area contributed by atoms with E-state index in [1.807, 2.05) is 19.1 Å². The van der Waals surface area contributed by atoms with E-state index in [4.69, 9.17) is 9.52 Å². The minimum absolute atomic E-state index is 0.0856. The van der Waals surface area contributed by atoms with Crippen LogP contribution in [0.1, 0.15) is 23.9 Å². The summed E-state index contributed by atoms with van der Waals surface area (Å²) in [7, 11) is 0. The summed E-state index contributed by atoms with van der Waals surface area (Å²) in [4.78, 5) is 12.0. The first-order chi connectivity index (χ1) is 9.05. The van der Waals surface area contributed by atoms with Crippen LogP contribution in [0, 0.1) is 0 Å². The molecule has 0 bridgehead atoms. The number of halogens is 2. The van der Waals surface area contributed by atoms with Gasteiger partial charge in [0.25, 0.3) is 5.91 Å². The molecule has 0 aliphatic heterocycles. The van der Waals surface area contributed by atoms with Crippen molar-refractivity contribution in [3.8, 4) is 0 Å². The van der Waals surface area contributed by atoms with Crippen LogP contribution in [0.3, 0.4) is 0 Å². The smallest absolute Gasteiger partial charge is 0.287 e. The van der Waals surface area contributed by atoms with Gasteiger partial charge in [-0.1, -0.05) is 22.9 Å². The highest BCUT2D eigenvalue weighted by Crippen LogP contribution is 2.30. The summed E-state index contributed by atoms with van der Waals surface area (Å²) in [5.74, 6) is -0.0826. The van der Waals surface area contributed by atoms with Gasteiger partial charge < -0.3 is 14.8 Å². The highest BCUT2D eigenvalue weighted by atomic mass is 79.9. The Morgan fingerprint density at radius 3 is 2.79 bits per heavy atom. The van der Waals surface area contributed by atoms with Crippen LogP contribution in [0.4, 0.5) is 0 Å². The number of carbonyl (C=O) groups excluding carboxylic acids is 1. The van der Waals surface area contributed by atoms with Crippen molar-refractivity contribution in [2.45, 2.75) is 19.4 Å². The molecule has 4 nitrogen and oxygen atoms in total. The van der Waals surface area contributed by atoms with Crippen LogP contribution in [0.5, 0.6) is 0 Å². The molecule has 0 spiro atoms. The number of fused-ring (bicyclic) bond motifs is 1. The Labute approximate surface area is 127 Å². The third-order valence-electron chi connectivity index (χ3n) is 2.81. The van der Waals surface area contributed by atoms with E-state index in [9.17, 15) is 4.79 Å². The first-order valence-electron chi connectivity index (χ1n) is 5.85. The third-order valence-corrected chi connectivity index (χ3v) is 3.85. The number of nitrogens with one attached hydrogen (secondary N) is 1. The lowest BCUT2D eigenvalue weighted by atomic mass is 10.2. The molecule has 6 heteroatoms. The standard InChI is InChI=1S/C13H13Br2NO3/c1-2-9(6-17)16-13(18)11-4-7-3-8(14)5-10(15)12(7)19-11/h3-5,9,17H,2,6H2,1H3,(H,16,18). The van der Waals surface area contributed by atoms with Gasteiger partial charge >= 0.3 is 0 Å². The fourth-order valence-corrected chi connectivity index (χ4v) is 3.06. The quantitative estimate of drug-likeness (QED) is 0.840. The Bertz CT molecular complexity index is 605. The Balaban J connectivity index is 2.31. The fourth-order valence-electron chi connectivity index (χ4n) is 1.72. The number of aliphatic hydroxyl groups is 1. The van der Waals surface area contributed by atoms with Crippen LogP contribution in [0.2, 0.25) is 0 Å². The summed E-state index contributed by atoms with van der Waals surface area (Å²) >= 11 is 6.78. The zero-order valence-electron chi connectivity index (χ0n) is 10.2. The highest BCUT2D eigenvalue weighted by molar-refractivity contribution is 9.11. The Hall–Kier alpha value is -0.850. The van der Waals surface area contributed by atoms with Crippen LogP contribution in [0.25, 0.3) is 11.0 Å². The molecule has 1 amide bonds. The molecule has 102 valence electrons. The molecule has 2 aromatic rings. The van der Waals surface area contributed by atoms with Crippen molar-refractivity contribution in [2.75, 3.05) is 6.61 Å². The van der Waals surface area contributed by atoms with Crippen LogP contribution >= 0.6 is 31.9 Å². The van der Waals surface area contributed by atoms with Crippen LogP contribution in [-0.4, -0.2) is 23.7 Å². The summed E-state index contributed by atoms with van der Waals surface area (Å²) in [5, 5.41) is 12.6. The van der Waals surface area contributed by atoms with Gasteiger partial charge in [-0.05, 0) is 40.5 Å². The van der Waals surface area contributed by atoms with Gasteiger partial charge in [0.2, 0.25) is 0 Å². The second-order valence-electron chi connectivity index (χ2n) is 4.18. The maximum atomic E-state index is 12.0. The molecule has 0 radical (unpaired) electrons. The van der Waals surface area contributed by atoms with Gasteiger partial charge in [-0.2, -0.15) is 0 Å². The molecule has 0 saturated heterocycles. The Morgan fingerprint density at radius 1 is 1.42 bits per heavy atom. The van der Waals surface area contributed by atoms with Crippen molar-refractivity contribution in [3.05, 3.63) is 32.9 Å². The first kappa shape index (κ1) is 14.6. The number of furan rings is 1. The first-order valence-corrected chi connectivity index (χ1v) is 7.44. The zero-order valence-corrected chi connectivity index (χ0v) is 13.4. The molecule has 1 aromatic carbocycles. The van der Waals surface area contributed by atoms with Crippen molar-refractivity contribution >= 4 is 48.7 Å². The summed E-state index contributed by atoms with van der Waals surface area (Å²) < 4.78 is 7.23. The molecule has 1 aromatic heterocycles. The molecule has 0 fully saturated rings. The third kappa shape index (κ3) is 3.19. The van der Waals surface area contributed by atoms with E-state index >= 15 is 0 Å². The van der Waals surface area contributed by atoms with Crippen molar-refractivity contribution < 1.29 is 14.3 Å². The summed E-state index contributed by atoms with van der Waals surface area (Å²) in [6.45, 7) is 1.81. The lowest BCUT2D eigenvalue weighted by Crippen LogP contribution is -2.36. The number of aliphatic hydroxyl groups excluding tert-OH is 1. The van der Waals surface area contributed by atoms with Gasteiger partial charge in [0, 0.05) is 9.86 Å². The number of hydrogen-bond donors (Lipinski definition) is 2. The number of carbonyl (C=O) groups is 1. The maximum Gasteiger partial charge on any atom is 0.287 e. The molecule has 0 saturated carbocycles. The van der Waals surface area contributed by atoms with Crippen LogP contribution in [0.15, 0.2) is 31.6 Å². The van der Waals surface area contributed by atoms with Gasteiger partial charge in [-0.3, -0.25) is 4.79 Å². The summed E-state index contributed by atoms with van der Waals surface area (Å²) in [6.07, 6.45) is 0.664. The van der Waals surface area contributed by atoms with E-state index in [2.05, 4.69) is 37.2 Å². The minimum atomic E-state index is -0.319. The van der Waals surface area contributed by atoms with Gasteiger partial charge in [0.15, 0.2) is 5.76 Å². The van der Waals surface area contributed by atoms with E-state index in [-0.39, 0.29) is 24.3 Å². The molecule has 2 rings (SSSR count). The van der Waals surface area contributed by atoms with Crippen LogP contribution < -0.4 is 5.32 Å². The lowest BCUT2D eigenvalue weighted by Gasteiger charge is -2.12. The molecule has 1 atom stereocenters. The largest absolute Gasteiger partial charge is 0.450 e. The lowest BCUT2D eigenvalue weighted by molar-refractivity contribution is 0.0889. The molecule has 0 aliphatic carbocycles. The molecule has 0 aliphatic rings. The molecular formula is C13H13Br2NO3. The number of hydrogen-bond acceptors (Lipinski definition) is 3. The van der Waals surface area contributed by atoms with Crippen molar-refractivity contribution in [1.29, 1.82) is 0 Å². The van der Waals surface area contributed by atoms with E-state index in [0.29, 0.717) is 12.0 Å². The SMILES string of the molecule is CCC(CO)NC(=O)c1cc2cc(Br)cc(Br)c2o1. The number of amides is 1. The number of rotatable bonds is 4. The minimum Gasteiger partial charge on any atom is -0.450 e. The average molecular weight is 391 g/mol.